The number of Topliss-reactive ketones (excluding diaryl/α,β-unsaturated/α-hetero) is 2. The highest BCUT2D eigenvalue weighted by atomic mass is 16.6. The average molecular weight is 329 g/mol. The van der Waals surface area contributed by atoms with E-state index < -0.39 is 16.3 Å². The van der Waals surface area contributed by atoms with Gasteiger partial charge in [0, 0.05) is 25.0 Å². The summed E-state index contributed by atoms with van der Waals surface area (Å²) in [5, 5.41) is 10.6. The van der Waals surface area contributed by atoms with Gasteiger partial charge in [0.2, 0.25) is 0 Å². The first-order chi connectivity index (χ1) is 11.3. The van der Waals surface area contributed by atoms with Gasteiger partial charge in [-0.1, -0.05) is 0 Å². The van der Waals surface area contributed by atoms with Gasteiger partial charge in [0.25, 0.3) is 5.69 Å². The highest BCUT2D eigenvalue weighted by molar-refractivity contribution is 6.04. The molecule has 124 valence electrons. The summed E-state index contributed by atoms with van der Waals surface area (Å²) in [7, 11) is 0. The van der Waals surface area contributed by atoms with E-state index >= 15 is 0 Å². The standard InChI is InChI=1S/C17H15NO6/c1-17-9-8-13(19)15(12(17)6-7-14(17)20)24-16(21)10-2-4-11(5-3-10)18(22)23/h2-5H,6-9H2,1H3/t17-/m0/s1. The summed E-state index contributed by atoms with van der Waals surface area (Å²) in [5.74, 6) is -1.01. The van der Waals surface area contributed by atoms with E-state index in [1.807, 2.05) is 0 Å². The third-order valence-electron chi connectivity index (χ3n) is 4.77. The highest BCUT2D eigenvalue weighted by Gasteiger charge is 2.48. The van der Waals surface area contributed by atoms with E-state index in [4.69, 9.17) is 4.74 Å². The number of fused-ring (bicyclic) bond motifs is 1. The van der Waals surface area contributed by atoms with Crippen LogP contribution in [0.25, 0.3) is 0 Å². The van der Waals surface area contributed by atoms with Crippen molar-refractivity contribution >= 4 is 23.2 Å². The monoisotopic (exact) mass is 329 g/mol. The van der Waals surface area contributed by atoms with Gasteiger partial charge in [-0.3, -0.25) is 19.7 Å². The van der Waals surface area contributed by atoms with E-state index in [-0.39, 0.29) is 35.0 Å². The van der Waals surface area contributed by atoms with Crippen LogP contribution >= 0.6 is 0 Å². The van der Waals surface area contributed by atoms with Crippen molar-refractivity contribution in [3.8, 4) is 0 Å². The first-order valence-electron chi connectivity index (χ1n) is 7.59. The molecule has 0 unspecified atom stereocenters. The van der Waals surface area contributed by atoms with Crippen molar-refractivity contribution in [1.29, 1.82) is 0 Å². The maximum atomic E-state index is 12.3. The Morgan fingerprint density at radius 3 is 2.46 bits per heavy atom. The van der Waals surface area contributed by atoms with Crippen molar-refractivity contribution < 1.29 is 24.0 Å². The number of nitro benzene ring substituents is 1. The maximum absolute atomic E-state index is 12.3. The van der Waals surface area contributed by atoms with Crippen molar-refractivity contribution in [3.05, 3.63) is 51.3 Å². The number of non-ortho nitro benzene ring substituents is 1. The summed E-state index contributed by atoms with van der Waals surface area (Å²) in [6.45, 7) is 1.78. The molecule has 1 aromatic carbocycles. The summed E-state index contributed by atoms with van der Waals surface area (Å²) in [4.78, 5) is 46.6. The fraction of sp³-hybridized carbons (Fsp3) is 0.353. The number of carbonyl (C=O) groups is 3. The van der Waals surface area contributed by atoms with Crippen molar-refractivity contribution in [3.63, 3.8) is 0 Å². The summed E-state index contributed by atoms with van der Waals surface area (Å²) >= 11 is 0. The van der Waals surface area contributed by atoms with Crippen LogP contribution in [0.4, 0.5) is 5.69 Å². The Kier molecular flexibility index (Phi) is 3.79. The molecule has 0 spiro atoms. The quantitative estimate of drug-likeness (QED) is 0.480. The third kappa shape index (κ3) is 2.51. The van der Waals surface area contributed by atoms with Crippen LogP contribution in [0.2, 0.25) is 0 Å². The Balaban J connectivity index is 1.89. The minimum atomic E-state index is -0.760. The second-order valence-corrected chi connectivity index (χ2v) is 6.18. The zero-order valence-corrected chi connectivity index (χ0v) is 13.0. The van der Waals surface area contributed by atoms with Crippen molar-refractivity contribution in [2.24, 2.45) is 5.41 Å². The van der Waals surface area contributed by atoms with Gasteiger partial charge < -0.3 is 4.74 Å². The second kappa shape index (κ2) is 5.67. The molecule has 0 heterocycles. The first kappa shape index (κ1) is 16.0. The molecule has 2 aliphatic carbocycles. The van der Waals surface area contributed by atoms with Crippen LogP contribution in [-0.4, -0.2) is 22.5 Å². The number of nitrogens with zero attached hydrogens (tertiary/aromatic N) is 1. The predicted molar refractivity (Wildman–Crippen MR) is 82.1 cm³/mol. The fourth-order valence-corrected chi connectivity index (χ4v) is 3.25. The second-order valence-electron chi connectivity index (χ2n) is 6.18. The van der Waals surface area contributed by atoms with Crippen LogP contribution in [0.1, 0.15) is 43.0 Å². The van der Waals surface area contributed by atoms with Crippen LogP contribution in [0.5, 0.6) is 0 Å². The molecular formula is C17H15NO6. The molecule has 0 N–H and O–H groups in total. The van der Waals surface area contributed by atoms with Gasteiger partial charge in [0.15, 0.2) is 11.5 Å². The number of hydrogen-bond acceptors (Lipinski definition) is 6. The fourth-order valence-electron chi connectivity index (χ4n) is 3.25. The molecule has 0 amide bonds. The van der Waals surface area contributed by atoms with Gasteiger partial charge in [-0.05, 0) is 37.5 Å². The number of esters is 1. The van der Waals surface area contributed by atoms with Crippen molar-refractivity contribution in [2.45, 2.75) is 32.6 Å². The van der Waals surface area contributed by atoms with Gasteiger partial charge in [-0.25, -0.2) is 4.79 Å². The van der Waals surface area contributed by atoms with Gasteiger partial charge in [0.1, 0.15) is 5.78 Å². The molecule has 1 fully saturated rings. The van der Waals surface area contributed by atoms with Gasteiger partial charge in [0.05, 0.1) is 15.9 Å². The molecule has 1 aromatic rings. The molecule has 1 saturated carbocycles. The molecule has 0 aliphatic heterocycles. The van der Waals surface area contributed by atoms with E-state index in [1.54, 1.807) is 6.92 Å². The average Bonchev–Trinajstić information content (AvgIpc) is 2.86. The number of benzene rings is 1. The van der Waals surface area contributed by atoms with Crippen LogP contribution < -0.4 is 0 Å². The molecule has 0 saturated heterocycles. The molecule has 0 bridgehead atoms. The molecule has 1 atom stereocenters. The summed E-state index contributed by atoms with van der Waals surface area (Å²) in [6.07, 6.45) is 1.37. The van der Waals surface area contributed by atoms with Crippen molar-refractivity contribution in [1.82, 2.24) is 0 Å². The van der Waals surface area contributed by atoms with Gasteiger partial charge >= 0.3 is 5.97 Å². The lowest BCUT2D eigenvalue weighted by atomic mass is 9.74. The van der Waals surface area contributed by atoms with Gasteiger partial charge in [-0.15, -0.1) is 0 Å². The Morgan fingerprint density at radius 1 is 1.17 bits per heavy atom. The lowest BCUT2D eigenvalue weighted by Gasteiger charge is -2.30. The van der Waals surface area contributed by atoms with Crippen LogP contribution in [0.15, 0.2) is 35.6 Å². The zero-order valence-electron chi connectivity index (χ0n) is 13.0. The minimum absolute atomic E-state index is 0.0297. The van der Waals surface area contributed by atoms with E-state index in [0.29, 0.717) is 24.8 Å². The summed E-state index contributed by atoms with van der Waals surface area (Å²) < 4.78 is 5.29. The highest BCUT2D eigenvalue weighted by Crippen LogP contribution is 2.48. The van der Waals surface area contributed by atoms with Gasteiger partial charge in [-0.2, -0.15) is 0 Å². The minimum Gasteiger partial charge on any atom is -0.419 e. The molecule has 24 heavy (non-hydrogen) atoms. The van der Waals surface area contributed by atoms with E-state index in [0.717, 1.165) is 0 Å². The maximum Gasteiger partial charge on any atom is 0.343 e. The Morgan fingerprint density at radius 2 is 1.83 bits per heavy atom. The largest absolute Gasteiger partial charge is 0.419 e. The number of hydrogen-bond donors (Lipinski definition) is 0. The van der Waals surface area contributed by atoms with Crippen LogP contribution in [0, 0.1) is 15.5 Å². The van der Waals surface area contributed by atoms with Crippen LogP contribution in [-0.2, 0) is 14.3 Å². The summed E-state index contributed by atoms with van der Waals surface area (Å²) in [6, 6.07) is 4.94. The number of rotatable bonds is 3. The normalized spacial score (nSPS) is 23.2. The number of ketones is 2. The van der Waals surface area contributed by atoms with Crippen molar-refractivity contribution in [2.75, 3.05) is 0 Å². The molecular weight excluding hydrogens is 314 g/mol. The lowest BCUT2D eigenvalue weighted by Crippen LogP contribution is -2.32. The molecule has 0 aromatic heterocycles. The SMILES string of the molecule is C[C@]12CCC(=O)C(OC(=O)c3ccc([N+](=O)[O-])cc3)=C1CCC2=O. The summed E-state index contributed by atoms with van der Waals surface area (Å²) in [5.41, 5.74) is -0.160. The third-order valence-corrected chi connectivity index (χ3v) is 4.77. The van der Waals surface area contributed by atoms with Crippen LogP contribution in [0.3, 0.4) is 0 Å². The smallest absolute Gasteiger partial charge is 0.343 e. The zero-order chi connectivity index (χ0) is 17.5. The molecule has 2 aliphatic rings. The lowest BCUT2D eigenvalue weighted by molar-refractivity contribution is -0.384. The topological polar surface area (TPSA) is 104 Å². The Hall–Kier alpha value is -2.83. The predicted octanol–water partition coefficient (Wildman–Crippen LogP) is 2.74. The number of carbonyl (C=O) groups excluding carboxylic acids is 3. The van der Waals surface area contributed by atoms with E-state index in [2.05, 4.69) is 0 Å². The number of allylic oxidation sites excluding steroid dienone is 2. The first-order valence-corrected chi connectivity index (χ1v) is 7.59. The van der Waals surface area contributed by atoms with E-state index in [9.17, 15) is 24.5 Å². The number of nitro groups is 1. The molecule has 7 nitrogen and oxygen atoms in total. The van der Waals surface area contributed by atoms with E-state index in [1.165, 1.54) is 24.3 Å². The molecule has 0 radical (unpaired) electrons. The molecule has 3 rings (SSSR count). The Labute approximate surface area is 137 Å². The Bertz CT molecular complexity index is 792. The molecule has 7 heteroatoms. The number of ether oxygens (including phenoxy) is 1.